The molecule has 4 N–H and O–H groups in total. The Hall–Kier alpha value is -2.49. The van der Waals surface area contributed by atoms with E-state index in [2.05, 4.69) is 20.9 Å². The van der Waals surface area contributed by atoms with Gasteiger partial charge < -0.3 is 25.8 Å². The minimum Gasteiger partial charge on any atom is -0.395 e. The summed E-state index contributed by atoms with van der Waals surface area (Å²) in [7, 11) is 0. The Kier molecular flexibility index (Phi) is 9.22. The van der Waals surface area contributed by atoms with E-state index in [0.717, 1.165) is 32.8 Å². The first-order chi connectivity index (χ1) is 15.7. The molecule has 0 spiro atoms. The number of rotatable bonds is 10. The molecule has 0 aromatic heterocycles. The van der Waals surface area contributed by atoms with Crippen LogP contribution in [-0.2, 0) is 4.74 Å². The number of halogens is 1. The van der Waals surface area contributed by atoms with Gasteiger partial charge in [0.25, 0.3) is 0 Å². The van der Waals surface area contributed by atoms with Crippen molar-refractivity contribution >= 4 is 35.3 Å². The van der Waals surface area contributed by atoms with E-state index in [9.17, 15) is 9.59 Å². The Labute approximate surface area is 200 Å². The number of benzene rings is 2. The molecular formula is C24H31ClN4O4. The van der Waals surface area contributed by atoms with Gasteiger partial charge in [-0.1, -0.05) is 24.3 Å². The van der Waals surface area contributed by atoms with Crippen LogP contribution in [0.2, 0.25) is 0 Å². The maximum absolute atomic E-state index is 13.4. The van der Waals surface area contributed by atoms with Crippen molar-refractivity contribution in [3.63, 3.8) is 0 Å². The zero-order valence-corrected chi connectivity index (χ0v) is 19.4. The van der Waals surface area contributed by atoms with Gasteiger partial charge in [-0.2, -0.15) is 0 Å². The lowest BCUT2D eigenvalue weighted by Gasteiger charge is -2.27. The van der Waals surface area contributed by atoms with E-state index in [0.29, 0.717) is 59.8 Å². The van der Waals surface area contributed by atoms with E-state index in [1.807, 2.05) is 12.1 Å². The van der Waals surface area contributed by atoms with E-state index in [4.69, 9.17) is 9.84 Å². The first kappa shape index (κ1) is 25.1. The summed E-state index contributed by atoms with van der Waals surface area (Å²) in [6.07, 6.45) is 0. The van der Waals surface area contributed by atoms with E-state index in [1.165, 1.54) is 0 Å². The predicted octanol–water partition coefficient (Wildman–Crippen LogP) is 1.62. The summed E-state index contributed by atoms with van der Waals surface area (Å²) in [5.41, 5.74) is 3.08. The third-order valence-corrected chi connectivity index (χ3v) is 5.83. The molecule has 1 heterocycles. The third kappa shape index (κ3) is 5.72. The number of morpholine rings is 1. The first-order valence-electron chi connectivity index (χ1n) is 11.2. The molecule has 4 rings (SSSR count). The molecule has 0 saturated carbocycles. The van der Waals surface area contributed by atoms with Gasteiger partial charge in [0.1, 0.15) is 0 Å². The van der Waals surface area contributed by atoms with E-state index in [1.54, 1.807) is 24.3 Å². The summed E-state index contributed by atoms with van der Waals surface area (Å²) in [5, 5.41) is 18.7. The van der Waals surface area contributed by atoms with Crippen molar-refractivity contribution in [3.05, 3.63) is 58.7 Å². The average Bonchev–Trinajstić information content (AvgIpc) is 2.83. The molecule has 0 bridgehead atoms. The predicted molar refractivity (Wildman–Crippen MR) is 131 cm³/mol. The van der Waals surface area contributed by atoms with Crippen LogP contribution in [0.25, 0.3) is 0 Å². The number of nitrogens with one attached hydrogen (secondary N) is 3. The van der Waals surface area contributed by atoms with Gasteiger partial charge >= 0.3 is 0 Å². The van der Waals surface area contributed by atoms with Gasteiger partial charge in [0.15, 0.2) is 11.6 Å². The Bertz CT molecular complexity index is 979. The van der Waals surface area contributed by atoms with Crippen LogP contribution < -0.4 is 16.0 Å². The summed E-state index contributed by atoms with van der Waals surface area (Å²) in [6, 6.07) is 10.7. The van der Waals surface area contributed by atoms with E-state index >= 15 is 0 Å². The molecular weight excluding hydrogens is 444 g/mol. The van der Waals surface area contributed by atoms with Crippen molar-refractivity contribution < 1.29 is 19.4 Å². The number of hydrogen-bond donors (Lipinski definition) is 4. The largest absolute Gasteiger partial charge is 0.395 e. The van der Waals surface area contributed by atoms with Crippen molar-refractivity contribution in [2.24, 2.45) is 0 Å². The van der Waals surface area contributed by atoms with Crippen LogP contribution in [0.4, 0.5) is 11.4 Å². The highest BCUT2D eigenvalue weighted by Crippen LogP contribution is 2.36. The molecule has 1 saturated heterocycles. The molecule has 0 atom stereocenters. The number of ether oxygens (including phenoxy) is 1. The fraction of sp³-hybridized carbons (Fsp3) is 0.417. The van der Waals surface area contributed by atoms with Crippen molar-refractivity contribution in [2.75, 3.05) is 76.3 Å². The third-order valence-electron chi connectivity index (χ3n) is 5.83. The minimum absolute atomic E-state index is 0. The van der Waals surface area contributed by atoms with E-state index < -0.39 is 0 Å². The van der Waals surface area contributed by atoms with E-state index in [-0.39, 0.29) is 30.6 Å². The number of hydrogen-bond acceptors (Lipinski definition) is 8. The zero-order chi connectivity index (χ0) is 22.3. The first-order valence-corrected chi connectivity index (χ1v) is 11.2. The number of carbonyl (C=O) groups excluding carboxylic acids is 2. The van der Waals surface area contributed by atoms with Crippen molar-refractivity contribution in [3.8, 4) is 0 Å². The Morgan fingerprint density at radius 3 is 1.97 bits per heavy atom. The Morgan fingerprint density at radius 2 is 1.39 bits per heavy atom. The summed E-state index contributed by atoms with van der Waals surface area (Å²) < 4.78 is 5.40. The monoisotopic (exact) mass is 474 g/mol. The Morgan fingerprint density at radius 1 is 0.818 bits per heavy atom. The highest BCUT2D eigenvalue weighted by molar-refractivity contribution is 6.31. The summed E-state index contributed by atoms with van der Waals surface area (Å²) in [4.78, 5) is 29.1. The van der Waals surface area contributed by atoms with Crippen LogP contribution in [0.5, 0.6) is 0 Å². The van der Waals surface area contributed by atoms with Gasteiger partial charge in [-0.3, -0.25) is 14.5 Å². The van der Waals surface area contributed by atoms with Crippen LogP contribution in [-0.4, -0.2) is 87.2 Å². The van der Waals surface area contributed by atoms with Gasteiger partial charge in [-0.05, 0) is 12.1 Å². The fourth-order valence-corrected chi connectivity index (χ4v) is 4.18. The summed E-state index contributed by atoms with van der Waals surface area (Å²) in [5.74, 6) is -0.274. The molecule has 33 heavy (non-hydrogen) atoms. The molecule has 0 unspecified atom stereocenters. The summed E-state index contributed by atoms with van der Waals surface area (Å²) in [6.45, 7) is 6.59. The molecule has 0 radical (unpaired) electrons. The smallest absolute Gasteiger partial charge is 0.196 e. The van der Waals surface area contributed by atoms with Crippen LogP contribution in [0, 0.1) is 0 Å². The highest BCUT2D eigenvalue weighted by atomic mass is 35.5. The molecule has 1 aliphatic carbocycles. The number of aliphatic hydroxyl groups is 1. The molecule has 178 valence electrons. The number of anilines is 2. The number of aliphatic hydroxyl groups excluding tert-OH is 1. The molecule has 2 aliphatic rings. The topological polar surface area (TPSA) is 103 Å². The van der Waals surface area contributed by atoms with Crippen LogP contribution in [0.1, 0.15) is 31.8 Å². The van der Waals surface area contributed by atoms with Crippen molar-refractivity contribution in [1.82, 2.24) is 10.2 Å². The molecule has 1 fully saturated rings. The van der Waals surface area contributed by atoms with Crippen LogP contribution >= 0.6 is 12.4 Å². The van der Waals surface area contributed by atoms with Crippen LogP contribution in [0.3, 0.4) is 0 Å². The zero-order valence-electron chi connectivity index (χ0n) is 18.6. The highest BCUT2D eigenvalue weighted by Gasteiger charge is 2.33. The molecule has 8 nitrogen and oxygen atoms in total. The molecule has 2 aromatic rings. The lowest BCUT2D eigenvalue weighted by atomic mass is 9.82. The standard InChI is InChI=1S/C24H30N4O4.ClH/c29-14-10-25-7-8-26-19-5-6-20(27-9-11-28-12-15-32-16-13-28)22-21(19)23(30)17-3-1-2-4-18(17)24(22)31;/h1-6,25-27,29H,7-16H2;1H. The lowest BCUT2D eigenvalue weighted by Crippen LogP contribution is -2.39. The van der Waals surface area contributed by atoms with Crippen molar-refractivity contribution in [1.29, 1.82) is 0 Å². The maximum Gasteiger partial charge on any atom is 0.196 e. The number of carbonyl (C=O) groups is 2. The Balaban J connectivity index is 0.00000306. The van der Waals surface area contributed by atoms with Gasteiger partial charge in [0.2, 0.25) is 0 Å². The fourth-order valence-electron chi connectivity index (χ4n) is 4.18. The molecule has 2 aromatic carbocycles. The van der Waals surface area contributed by atoms with Gasteiger partial charge in [0, 0.05) is 68.3 Å². The molecule has 9 heteroatoms. The summed E-state index contributed by atoms with van der Waals surface area (Å²) >= 11 is 0. The van der Waals surface area contributed by atoms with Gasteiger partial charge in [0.05, 0.1) is 30.9 Å². The number of fused-ring (bicyclic) bond motifs is 2. The van der Waals surface area contributed by atoms with Crippen LogP contribution in [0.15, 0.2) is 36.4 Å². The van der Waals surface area contributed by atoms with Crippen molar-refractivity contribution in [2.45, 2.75) is 0 Å². The average molecular weight is 475 g/mol. The quantitative estimate of drug-likeness (QED) is 0.329. The second kappa shape index (κ2) is 12.1. The number of nitrogens with zero attached hydrogens (tertiary/aromatic N) is 1. The SMILES string of the molecule is Cl.O=C1c2ccccc2C(=O)c2c(NCCN3CCOCC3)ccc(NCCNCCO)c21. The second-order valence-corrected chi connectivity index (χ2v) is 7.90. The minimum atomic E-state index is -0.141. The maximum atomic E-state index is 13.4. The number of ketones is 2. The molecule has 1 aliphatic heterocycles. The normalized spacial score (nSPS) is 15.4. The van der Waals surface area contributed by atoms with Gasteiger partial charge in [-0.25, -0.2) is 0 Å². The second-order valence-electron chi connectivity index (χ2n) is 7.90. The van der Waals surface area contributed by atoms with Gasteiger partial charge in [-0.15, -0.1) is 12.4 Å². The molecule has 0 amide bonds. The lowest BCUT2D eigenvalue weighted by molar-refractivity contribution is 0.0398.